The van der Waals surface area contributed by atoms with Gasteiger partial charge in [-0.2, -0.15) is 0 Å². The Balaban J connectivity index is 0.000000181. The molecule has 1 fully saturated rings. The van der Waals surface area contributed by atoms with Crippen LogP contribution in [0.1, 0.15) is 28.8 Å². The molecule has 1 heterocycles. The summed E-state index contributed by atoms with van der Waals surface area (Å²) in [5.41, 5.74) is 1.32. The fraction of sp³-hybridized carbons (Fsp3) is 0.250. The zero-order valence-electron chi connectivity index (χ0n) is 9.40. The van der Waals surface area contributed by atoms with Crippen molar-refractivity contribution in [2.24, 2.45) is 0 Å². The van der Waals surface area contributed by atoms with Crippen molar-refractivity contribution in [3.8, 4) is 0 Å². The number of nitrogens with one attached hydrogen (secondary N) is 1. The lowest BCUT2D eigenvalue weighted by Crippen LogP contribution is -2.18. The monoisotopic (exact) mass is 235 g/mol. The van der Waals surface area contributed by atoms with Gasteiger partial charge in [0.2, 0.25) is 11.8 Å². The first kappa shape index (κ1) is 12.9. The van der Waals surface area contributed by atoms with Gasteiger partial charge in [-0.3, -0.25) is 14.9 Å². The first-order chi connectivity index (χ1) is 7.99. The average molecular weight is 235 g/mol. The Morgan fingerprint density at radius 1 is 1.24 bits per heavy atom. The first-order valence-corrected chi connectivity index (χ1v) is 5.11. The van der Waals surface area contributed by atoms with Crippen LogP contribution in [0.4, 0.5) is 0 Å². The quantitative estimate of drug-likeness (QED) is 0.714. The Hall–Kier alpha value is -2.17. The molecule has 1 saturated heterocycles. The predicted molar refractivity (Wildman–Crippen MR) is 60.5 cm³/mol. The molecule has 2 rings (SSSR count). The number of aromatic carboxylic acids is 1. The Morgan fingerprint density at radius 3 is 2.12 bits per heavy atom. The van der Waals surface area contributed by atoms with Crippen molar-refractivity contribution < 1.29 is 19.5 Å². The number of rotatable bonds is 1. The van der Waals surface area contributed by atoms with Crippen LogP contribution in [0.3, 0.4) is 0 Å². The third-order valence-corrected chi connectivity index (χ3v) is 2.12. The minimum atomic E-state index is -0.872. The molecule has 0 aromatic heterocycles. The summed E-state index contributed by atoms with van der Waals surface area (Å²) >= 11 is 0. The molecule has 1 aliphatic rings. The highest BCUT2D eigenvalue weighted by Crippen LogP contribution is 2.02. The maximum Gasteiger partial charge on any atom is 0.335 e. The Bertz CT molecular complexity index is 440. The van der Waals surface area contributed by atoms with Crippen molar-refractivity contribution in [2.45, 2.75) is 19.8 Å². The lowest BCUT2D eigenvalue weighted by molar-refractivity contribution is -0.124. The lowest BCUT2D eigenvalue weighted by Gasteiger charge is -1.93. The number of amides is 2. The van der Waals surface area contributed by atoms with Crippen LogP contribution in [0, 0.1) is 6.92 Å². The van der Waals surface area contributed by atoms with Crippen molar-refractivity contribution in [3.05, 3.63) is 35.4 Å². The van der Waals surface area contributed by atoms with E-state index in [9.17, 15) is 14.4 Å². The molecule has 5 nitrogen and oxygen atoms in total. The molecule has 1 aromatic rings. The van der Waals surface area contributed by atoms with E-state index in [0.29, 0.717) is 18.4 Å². The highest BCUT2D eigenvalue weighted by atomic mass is 16.4. The zero-order valence-corrected chi connectivity index (χ0v) is 9.40. The highest BCUT2D eigenvalue weighted by Gasteiger charge is 2.15. The van der Waals surface area contributed by atoms with Gasteiger partial charge >= 0.3 is 5.97 Å². The second-order valence-corrected chi connectivity index (χ2v) is 3.65. The molecule has 17 heavy (non-hydrogen) atoms. The SMILES string of the molecule is Cc1cccc(C(=O)O)c1.O=C1CCC(=O)N1. The minimum Gasteiger partial charge on any atom is -0.478 e. The van der Waals surface area contributed by atoms with E-state index in [4.69, 9.17) is 5.11 Å². The third kappa shape index (κ3) is 4.46. The molecular formula is C12H13NO4. The van der Waals surface area contributed by atoms with Gasteiger partial charge in [-0.25, -0.2) is 4.79 Å². The molecule has 0 spiro atoms. The van der Waals surface area contributed by atoms with E-state index in [1.165, 1.54) is 0 Å². The molecule has 0 aliphatic carbocycles. The summed E-state index contributed by atoms with van der Waals surface area (Å²) in [6.07, 6.45) is 0.748. The van der Waals surface area contributed by atoms with Gasteiger partial charge in [0.25, 0.3) is 0 Å². The van der Waals surface area contributed by atoms with E-state index in [0.717, 1.165) is 5.56 Å². The number of carboxylic acid groups (broad SMARTS) is 1. The highest BCUT2D eigenvalue weighted by molar-refractivity contribution is 6.01. The number of carbonyl (C=O) groups excluding carboxylic acids is 2. The van der Waals surface area contributed by atoms with Crippen molar-refractivity contribution in [3.63, 3.8) is 0 Å². The largest absolute Gasteiger partial charge is 0.478 e. The number of aryl methyl sites for hydroxylation is 1. The molecule has 1 aliphatic heterocycles. The van der Waals surface area contributed by atoms with Gasteiger partial charge in [0.15, 0.2) is 0 Å². The van der Waals surface area contributed by atoms with Crippen LogP contribution in [-0.4, -0.2) is 22.9 Å². The Morgan fingerprint density at radius 2 is 1.82 bits per heavy atom. The Kier molecular flexibility index (Phi) is 4.39. The van der Waals surface area contributed by atoms with Gasteiger partial charge in [0, 0.05) is 12.8 Å². The maximum absolute atomic E-state index is 10.4. The molecule has 0 bridgehead atoms. The minimum absolute atomic E-state index is 0.148. The molecule has 2 N–H and O–H groups in total. The van der Waals surface area contributed by atoms with E-state index in [-0.39, 0.29) is 11.8 Å². The van der Waals surface area contributed by atoms with Crippen LogP contribution in [0.2, 0.25) is 0 Å². The van der Waals surface area contributed by atoms with E-state index in [2.05, 4.69) is 5.32 Å². The van der Waals surface area contributed by atoms with Gasteiger partial charge in [-0.15, -0.1) is 0 Å². The van der Waals surface area contributed by atoms with E-state index >= 15 is 0 Å². The second kappa shape index (κ2) is 5.79. The summed E-state index contributed by atoms with van der Waals surface area (Å²) in [6.45, 7) is 1.87. The molecule has 0 saturated carbocycles. The summed E-state index contributed by atoms with van der Waals surface area (Å²) in [4.78, 5) is 30.6. The number of carboxylic acids is 1. The number of imide groups is 1. The van der Waals surface area contributed by atoms with Crippen molar-refractivity contribution in [1.29, 1.82) is 0 Å². The van der Waals surface area contributed by atoms with E-state index in [1.54, 1.807) is 18.2 Å². The summed E-state index contributed by atoms with van der Waals surface area (Å²) in [6, 6.07) is 6.82. The van der Waals surface area contributed by atoms with Crippen LogP contribution in [0.5, 0.6) is 0 Å². The Labute approximate surface area is 98.4 Å². The number of hydrogen-bond acceptors (Lipinski definition) is 3. The summed E-state index contributed by atoms with van der Waals surface area (Å²) in [5.74, 6) is -1.17. The zero-order chi connectivity index (χ0) is 12.8. The first-order valence-electron chi connectivity index (χ1n) is 5.11. The molecule has 2 amide bonds. The maximum atomic E-state index is 10.4. The van der Waals surface area contributed by atoms with Crippen molar-refractivity contribution >= 4 is 17.8 Å². The van der Waals surface area contributed by atoms with Crippen LogP contribution in [-0.2, 0) is 9.59 Å². The normalized spacial score (nSPS) is 13.7. The molecule has 0 radical (unpaired) electrons. The van der Waals surface area contributed by atoms with Crippen LogP contribution >= 0.6 is 0 Å². The molecule has 90 valence electrons. The van der Waals surface area contributed by atoms with Gasteiger partial charge in [-0.1, -0.05) is 17.7 Å². The standard InChI is InChI=1S/C8H8O2.C4H5NO2/c1-6-3-2-4-7(5-6)8(9)10;6-3-1-2-4(7)5-3/h2-5H,1H3,(H,9,10);1-2H2,(H,5,6,7). The number of benzene rings is 1. The van der Waals surface area contributed by atoms with Gasteiger partial charge in [-0.05, 0) is 19.1 Å². The van der Waals surface area contributed by atoms with Gasteiger partial charge in [0.05, 0.1) is 5.56 Å². The summed E-state index contributed by atoms with van der Waals surface area (Å²) < 4.78 is 0. The number of carbonyl (C=O) groups is 3. The smallest absolute Gasteiger partial charge is 0.335 e. The lowest BCUT2D eigenvalue weighted by atomic mass is 10.1. The summed E-state index contributed by atoms with van der Waals surface area (Å²) in [5, 5.41) is 10.6. The topological polar surface area (TPSA) is 83.5 Å². The van der Waals surface area contributed by atoms with Crippen LogP contribution in [0.25, 0.3) is 0 Å². The molecule has 0 unspecified atom stereocenters. The molecule has 0 atom stereocenters. The fourth-order valence-corrected chi connectivity index (χ4v) is 1.29. The second-order valence-electron chi connectivity index (χ2n) is 3.65. The van der Waals surface area contributed by atoms with Crippen molar-refractivity contribution in [1.82, 2.24) is 5.32 Å². The third-order valence-electron chi connectivity index (χ3n) is 2.12. The molecule has 1 aromatic carbocycles. The molecular weight excluding hydrogens is 222 g/mol. The molecule has 5 heteroatoms. The van der Waals surface area contributed by atoms with E-state index in [1.807, 2.05) is 13.0 Å². The van der Waals surface area contributed by atoms with Crippen LogP contribution in [0.15, 0.2) is 24.3 Å². The number of hydrogen-bond donors (Lipinski definition) is 2. The van der Waals surface area contributed by atoms with Crippen molar-refractivity contribution in [2.75, 3.05) is 0 Å². The predicted octanol–water partition coefficient (Wildman–Crippen LogP) is 1.12. The van der Waals surface area contributed by atoms with E-state index < -0.39 is 5.97 Å². The summed E-state index contributed by atoms with van der Waals surface area (Å²) in [7, 11) is 0. The van der Waals surface area contributed by atoms with Gasteiger partial charge < -0.3 is 5.11 Å². The average Bonchev–Trinajstić information content (AvgIpc) is 2.63. The fourth-order valence-electron chi connectivity index (χ4n) is 1.29. The van der Waals surface area contributed by atoms with Crippen LogP contribution < -0.4 is 5.32 Å². The van der Waals surface area contributed by atoms with Gasteiger partial charge in [0.1, 0.15) is 0 Å².